The third kappa shape index (κ3) is 2.11. The Balaban J connectivity index is 1.65. The van der Waals surface area contributed by atoms with Crippen LogP contribution < -0.4 is 0 Å². The molecule has 4 atom stereocenters. The quantitative estimate of drug-likeness (QED) is 0.878. The van der Waals surface area contributed by atoms with E-state index in [1.54, 1.807) is 41.6 Å². The van der Waals surface area contributed by atoms with Gasteiger partial charge in [0.15, 0.2) is 0 Å². The van der Waals surface area contributed by atoms with Crippen LogP contribution in [0.2, 0.25) is 0 Å². The number of rotatable bonds is 3. The minimum Gasteiger partial charge on any atom is -0.508 e. The Morgan fingerprint density at radius 2 is 2.09 bits per heavy atom. The number of carbonyl (C=O) groups excluding carboxylic acids is 2. The van der Waals surface area contributed by atoms with Gasteiger partial charge >= 0.3 is 0 Å². The maximum Gasteiger partial charge on any atom is 0.255 e. The van der Waals surface area contributed by atoms with Crippen molar-refractivity contribution in [3.63, 3.8) is 0 Å². The van der Waals surface area contributed by atoms with Gasteiger partial charge in [-0.15, -0.1) is 0 Å². The van der Waals surface area contributed by atoms with Crippen molar-refractivity contribution in [3.05, 3.63) is 59.9 Å². The van der Waals surface area contributed by atoms with E-state index in [9.17, 15) is 14.7 Å². The molecule has 2 aliphatic rings. The minimum absolute atomic E-state index is 0.00276. The van der Waals surface area contributed by atoms with E-state index < -0.39 is 0 Å². The lowest BCUT2D eigenvalue weighted by Crippen LogP contribution is -2.34. The number of piperidine rings is 1. The van der Waals surface area contributed by atoms with Crippen LogP contribution in [0.3, 0.4) is 0 Å². The second kappa shape index (κ2) is 5.19. The lowest BCUT2D eigenvalue weighted by molar-refractivity contribution is -0.109. The second-order valence-electron chi connectivity index (χ2n) is 6.15. The molecule has 5 heteroatoms. The molecule has 23 heavy (non-hydrogen) atoms. The summed E-state index contributed by atoms with van der Waals surface area (Å²) in [7, 11) is 0. The van der Waals surface area contributed by atoms with Gasteiger partial charge in [0.2, 0.25) is 0 Å². The predicted octanol–water partition coefficient (Wildman–Crippen LogP) is 1.84. The number of fused-ring (bicyclic) bond motifs is 1. The SMILES string of the molecule is O=CC1C2[C@H]1[C@@H](c1ccccc1O)CN2C(=O)c1cccnc1. The summed E-state index contributed by atoms with van der Waals surface area (Å²) in [6.07, 6.45) is 4.10. The summed E-state index contributed by atoms with van der Waals surface area (Å²) in [5.74, 6) is 0.0752. The van der Waals surface area contributed by atoms with E-state index in [1.807, 2.05) is 12.1 Å². The smallest absolute Gasteiger partial charge is 0.255 e. The fourth-order valence-electron chi connectivity index (χ4n) is 3.87. The van der Waals surface area contributed by atoms with Crippen molar-refractivity contribution < 1.29 is 14.7 Å². The maximum absolute atomic E-state index is 12.7. The largest absolute Gasteiger partial charge is 0.508 e. The van der Waals surface area contributed by atoms with E-state index >= 15 is 0 Å². The number of aromatic nitrogens is 1. The standard InChI is InChI=1S/C18H16N2O3/c21-10-14-16-13(12-5-1-2-6-15(12)22)9-20(17(14)16)18(23)11-4-3-7-19-8-11/h1-8,10,13-14,16-17,22H,9H2/t13-,14?,16+,17?/m1/s1. The molecule has 0 radical (unpaired) electrons. The van der Waals surface area contributed by atoms with Gasteiger partial charge in [0.1, 0.15) is 12.0 Å². The van der Waals surface area contributed by atoms with Gasteiger partial charge in [0.05, 0.1) is 5.56 Å². The zero-order valence-corrected chi connectivity index (χ0v) is 12.4. The summed E-state index contributed by atoms with van der Waals surface area (Å²) < 4.78 is 0. The molecule has 1 amide bonds. The highest BCUT2D eigenvalue weighted by molar-refractivity contribution is 5.95. The number of hydrogen-bond acceptors (Lipinski definition) is 4. The van der Waals surface area contributed by atoms with Crippen LogP contribution in [0.25, 0.3) is 0 Å². The van der Waals surface area contributed by atoms with Crippen LogP contribution in [-0.2, 0) is 4.79 Å². The molecule has 2 heterocycles. The zero-order chi connectivity index (χ0) is 16.0. The third-order valence-corrected chi connectivity index (χ3v) is 4.97. The van der Waals surface area contributed by atoms with Crippen molar-refractivity contribution in [2.75, 3.05) is 6.54 Å². The molecule has 1 aromatic carbocycles. The van der Waals surface area contributed by atoms with E-state index in [0.29, 0.717) is 12.1 Å². The highest BCUT2D eigenvalue weighted by Crippen LogP contribution is 2.57. The van der Waals surface area contributed by atoms with Crippen molar-refractivity contribution >= 4 is 12.2 Å². The summed E-state index contributed by atoms with van der Waals surface area (Å²) in [5.41, 5.74) is 1.34. The van der Waals surface area contributed by atoms with Crippen molar-refractivity contribution in [1.82, 2.24) is 9.88 Å². The van der Waals surface area contributed by atoms with E-state index in [2.05, 4.69) is 4.98 Å². The van der Waals surface area contributed by atoms with Gasteiger partial charge in [-0.05, 0) is 23.8 Å². The summed E-state index contributed by atoms with van der Waals surface area (Å²) >= 11 is 0. The van der Waals surface area contributed by atoms with Crippen molar-refractivity contribution in [1.29, 1.82) is 0 Å². The molecule has 1 N–H and O–H groups in total. The molecule has 1 saturated heterocycles. The lowest BCUT2D eigenvalue weighted by Gasteiger charge is -2.23. The van der Waals surface area contributed by atoms with Crippen molar-refractivity contribution in [2.24, 2.45) is 11.8 Å². The van der Waals surface area contributed by atoms with E-state index in [1.165, 1.54) is 0 Å². The molecular weight excluding hydrogens is 292 g/mol. The second-order valence-corrected chi connectivity index (χ2v) is 6.15. The van der Waals surface area contributed by atoms with Crippen molar-refractivity contribution in [2.45, 2.75) is 12.0 Å². The van der Waals surface area contributed by atoms with Crippen LogP contribution >= 0.6 is 0 Å². The number of pyridine rings is 1. The van der Waals surface area contributed by atoms with Crippen molar-refractivity contribution in [3.8, 4) is 5.75 Å². The average molecular weight is 308 g/mol. The predicted molar refractivity (Wildman–Crippen MR) is 83.0 cm³/mol. The molecule has 0 bridgehead atoms. The molecule has 4 rings (SSSR count). The molecule has 2 aromatic rings. The van der Waals surface area contributed by atoms with E-state index in [0.717, 1.165) is 11.8 Å². The summed E-state index contributed by atoms with van der Waals surface area (Å²) in [5, 5.41) is 10.1. The first-order chi connectivity index (χ1) is 11.2. The number of phenols is 1. The molecule has 1 aliphatic carbocycles. The zero-order valence-electron chi connectivity index (χ0n) is 12.4. The lowest BCUT2D eigenvalue weighted by atomic mass is 9.93. The molecule has 2 unspecified atom stereocenters. The molecule has 116 valence electrons. The topological polar surface area (TPSA) is 70.5 Å². The molecular formula is C18H16N2O3. The monoisotopic (exact) mass is 308 g/mol. The summed E-state index contributed by atoms with van der Waals surface area (Å²) in [6, 6.07) is 10.6. The van der Waals surface area contributed by atoms with Gasteiger partial charge in [-0.3, -0.25) is 9.78 Å². The third-order valence-electron chi connectivity index (χ3n) is 4.97. The molecule has 5 nitrogen and oxygen atoms in total. The minimum atomic E-state index is -0.144. The highest BCUT2D eigenvalue weighted by atomic mass is 16.3. The molecule has 1 aromatic heterocycles. The molecule has 1 saturated carbocycles. The fraction of sp³-hybridized carbons (Fsp3) is 0.278. The highest BCUT2D eigenvalue weighted by Gasteiger charge is 2.64. The first kappa shape index (κ1) is 13.9. The fourth-order valence-corrected chi connectivity index (χ4v) is 3.87. The molecule has 1 aliphatic heterocycles. The summed E-state index contributed by atoms with van der Waals surface area (Å²) in [4.78, 5) is 29.8. The van der Waals surface area contributed by atoms with Crippen LogP contribution in [-0.4, -0.2) is 39.8 Å². The number of likely N-dealkylation sites (tertiary alicyclic amines) is 1. The number of aromatic hydroxyl groups is 1. The van der Waals surface area contributed by atoms with Gasteiger partial charge in [0.25, 0.3) is 5.91 Å². The van der Waals surface area contributed by atoms with E-state index in [-0.39, 0.29) is 35.5 Å². The number of aldehydes is 1. The van der Waals surface area contributed by atoms with Crippen LogP contribution in [0.5, 0.6) is 5.75 Å². The number of nitrogens with zero attached hydrogens (tertiary/aromatic N) is 2. The number of amides is 1. The Labute approximate surface area is 133 Å². The number of benzene rings is 1. The Bertz CT molecular complexity index is 762. The molecule has 2 fully saturated rings. The van der Waals surface area contributed by atoms with Crippen LogP contribution in [0.1, 0.15) is 21.8 Å². The van der Waals surface area contributed by atoms with Crippen LogP contribution in [0.15, 0.2) is 48.8 Å². The van der Waals surface area contributed by atoms with E-state index in [4.69, 9.17) is 0 Å². The van der Waals surface area contributed by atoms with Gasteiger partial charge in [0, 0.05) is 42.7 Å². The number of carbonyl (C=O) groups is 2. The summed E-state index contributed by atoms with van der Waals surface area (Å²) in [6.45, 7) is 0.519. The number of hydrogen-bond donors (Lipinski definition) is 1. The number of para-hydroxylation sites is 1. The van der Waals surface area contributed by atoms with Gasteiger partial charge in [-0.25, -0.2) is 0 Å². The molecule has 0 spiro atoms. The maximum atomic E-state index is 12.7. The number of phenolic OH excluding ortho intramolecular Hbond substituents is 1. The normalized spacial score (nSPS) is 28.3. The Morgan fingerprint density at radius 1 is 1.26 bits per heavy atom. The van der Waals surface area contributed by atoms with Crippen LogP contribution in [0, 0.1) is 11.8 Å². The van der Waals surface area contributed by atoms with Gasteiger partial charge in [-0.2, -0.15) is 0 Å². The first-order valence-electron chi connectivity index (χ1n) is 7.66. The Kier molecular flexibility index (Phi) is 3.15. The Hall–Kier alpha value is -2.69. The Morgan fingerprint density at radius 3 is 2.78 bits per heavy atom. The average Bonchev–Trinajstić information content (AvgIpc) is 3.19. The van der Waals surface area contributed by atoms with Gasteiger partial charge < -0.3 is 14.8 Å². The first-order valence-corrected chi connectivity index (χ1v) is 7.66. The van der Waals surface area contributed by atoms with Gasteiger partial charge in [-0.1, -0.05) is 18.2 Å². The van der Waals surface area contributed by atoms with Crippen LogP contribution in [0.4, 0.5) is 0 Å².